The zero-order valence-electron chi connectivity index (χ0n) is 13.6. The zero-order valence-corrected chi connectivity index (χ0v) is 13.6. The van der Waals surface area contributed by atoms with Gasteiger partial charge in [-0.3, -0.25) is 4.90 Å². The Morgan fingerprint density at radius 3 is 2.54 bits per heavy atom. The molecule has 122 valence electrons. The van der Waals surface area contributed by atoms with E-state index in [0.717, 1.165) is 25.2 Å². The van der Waals surface area contributed by atoms with Crippen molar-refractivity contribution in [2.45, 2.75) is 25.3 Å². The van der Waals surface area contributed by atoms with Crippen LogP contribution in [0.3, 0.4) is 0 Å². The van der Waals surface area contributed by atoms with Crippen molar-refractivity contribution in [1.82, 2.24) is 15.0 Å². The maximum Gasteiger partial charge on any atom is 0.241 e. The van der Waals surface area contributed by atoms with Crippen molar-refractivity contribution in [3.8, 4) is 11.4 Å². The van der Waals surface area contributed by atoms with E-state index in [1.165, 1.54) is 18.4 Å². The minimum atomic E-state index is 0.594. The van der Waals surface area contributed by atoms with E-state index in [0.29, 0.717) is 17.6 Å². The summed E-state index contributed by atoms with van der Waals surface area (Å²) < 4.78 is 5.46. The lowest BCUT2D eigenvalue weighted by atomic mass is 9.91. The van der Waals surface area contributed by atoms with Gasteiger partial charge in [-0.15, -0.1) is 0 Å². The van der Waals surface area contributed by atoms with Crippen LogP contribution in [-0.4, -0.2) is 28.1 Å². The maximum atomic E-state index is 5.46. The number of piperidine rings is 1. The van der Waals surface area contributed by atoms with Gasteiger partial charge in [0.15, 0.2) is 0 Å². The molecule has 0 spiro atoms. The van der Waals surface area contributed by atoms with Gasteiger partial charge < -0.3 is 4.52 Å². The van der Waals surface area contributed by atoms with Crippen LogP contribution in [0.1, 0.15) is 30.2 Å². The highest BCUT2D eigenvalue weighted by Crippen LogP contribution is 2.27. The number of rotatable bonds is 4. The molecule has 0 bridgehead atoms. The van der Waals surface area contributed by atoms with Crippen LogP contribution in [0, 0.1) is 0 Å². The van der Waals surface area contributed by atoms with Crippen molar-refractivity contribution in [2.24, 2.45) is 0 Å². The van der Waals surface area contributed by atoms with Gasteiger partial charge in [0.25, 0.3) is 0 Å². The second kappa shape index (κ2) is 6.97. The predicted molar refractivity (Wildman–Crippen MR) is 93.4 cm³/mol. The Morgan fingerprint density at radius 1 is 1.00 bits per heavy atom. The van der Waals surface area contributed by atoms with Crippen molar-refractivity contribution in [3.63, 3.8) is 0 Å². The summed E-state index contributed by atoms with van der Waals surface area (Å²) in [6.45, 7) is 2.86. The molecule has 24 heavy (non-hydrogen) atoms. The SMILES string of the molecule is c1ccc(-c2noc(CN3CCC[C@H](c4ccccc4)C3)n2)cc1. The standard InChI is InChI=1S/C20H21N3O/c1-3-8-16(9-4-1)18-12-7-13-23(14-18)15-19-21-20(22-24-19)17-10-5-2-6-11-17/h1-6,8-11,18H,7,12-15H2/t18-/m0/s1. The van der Waals surface area contributed by atoms with Crippen LogP contribution >= 0.6 is 0 Å². The van der Waals surface area contributed by atoms with Gasteiger partial charge in [-0.1, -0.05) is 65.8 Å². The van der Waals surface area contributed by atoms with E-state index >= 15 is 0 Å². The van der Waals surface area contributed by atoms with E-state index in [9.17, 15) is 0 Å². The highest BCUT2D eigenvalue weighted by molar-refractivity contribution is 5.53. The minimum Gasteiger partial charge on any atom is -0.338 e. The van der Waals surface area contributed by atoms with E-state index in [1.807, 2.05) is 30.3 Å². The number of benzene rings is 2. The lowest BCUT2D eigenvalue weighted by Gasteiger charge is -2.31. The first kappa shape index (κ1) is 15.1. The Hall–Kier alpha value is -2.46. The van der Waals surface area contributed by atoms with Crippen molar-refractivity contribution in [1.29, 1.82) is 0 Å². The summed E-state index contributed by atoms with van der Waals surface area (Å²) in [6, 6.07) is 20.7. The smallest absolute Gasteiger partial charge is 0.241 e. The Labute approximate surface area is 142 Å². The van der Waals surface area contributed by atoms with Crippen LogP contribution in [0.2, 0.25) is 0 Å². The van der Waals surface area contributed by atoms with E-state index in [2.05, 4.69) is 45.4 Å². The lowest BCUT2D eigenvalue weighted by Crippen LogP contribution is -2.33. The molecule has 4 rings (SSSR count). The molecule has 3 aromatic rings. The molecule has 1 saturated heterocycles. The van der Waals surface area contributed by atoms with Gasteiger partial charge in [0.1, 0.15) is 0 Å². The van der Waals surface area contributed by atoms with Crippen LogP contribution in [0.4, 0.5) is 0 Å². The summed E-state index contributed by atoms with van der Waals surface area (Å²) in [6.07, 6.45) is 2.46. The van der Waals surface area contributed by atoms with Gasteiger partial charge in [-0.25, -0.2) is 0 Å². The first-order valence-electron chi connectivity index (χ1n) is 8.54. The molecular weight excluding hydrogens is 298 g/mol. The summed E-state index contributed by atoms with van der Waals surface area (Å²) in [5.41, 5.74) is 2.42. The van der Waals surface area contributed by atoms with Crippen LogP contribution in [0.5, 0.6) is 0 Å². The lowest BCUT2D eigenvalue weighted by molar-refractivity contribution is 0.177. The zero-order chi connectivity index (χ0) is 16.2. The maximum absolute atomic E-state index is 5.46. The van der Waals surface area contributed by atoms with Crippen LogP contribution in [-0.2, 0) is 6.54 Å². The van der Waals surface area contributed by atoms with Gasteiger partial charge in [0.2, 0.25) is 11.7 Å². The number of nitrogens with zero attached hydrogens (tertiary/aromatic N) is 3. The molecular formula is C20H21N3O. The Kier molecular flexibility index (Phi) is 4.38. The summed E-state index contributed by atoms with van der Waals surface area (Å²) in [7, 11) is 0. The number of hydrogen-bond acceptors (Lipinski definition) is 4. The van der Waals surface area contributed by atoms with Crippen molar-refractivity contribution < 1.29 is 4.52 Å². The third kappa shape index (κ3) is 3.39. The largest absolute Gasteiger partial charge is 0.338 e. The first-order chi connectivity index (χ1) is 11.9. The fourth-order valence-corrected chi connectivity index (χ4v) is 3.41. The second-order valence-electron chi connectivity index (χ2n) is 6.36. The van der Waals surface area contributed by atoms with E-state index in [-0.39, 0.29) is 0 Å². The third-order valence-electron chi connectivity index (χ3n) is 4.64. The van der Waals surface area contributed by atoms with Crippen LogP contribution < -0.4 is 0 Å². The van der Waals surface area contributed by atoms with Crippen molar-refractivity contribution in [2.75, 3.05) is 13.1 Å². The highest BCUT2D eigenvalue weighted by atomic mass is 16.5. The molecule has 1 aliphatic rings. The summed E-state index contributed by atoms with van der Waals surface area (Å²) in [5.74, 6) is 1.96. The molecule has 0 unspecified atom stereocenters. The molecule has 2 aromatic carbocycles. The molecule has 1 atom stereocenters. The van der Waals surface area contributed by atoms with Crippen LogP contribution in [0.15, 0.2) is 65.2 Å². The topological polar surface area (TPSA) is 42.2 Å². The Morgan fingerprint density at radius 2 is 1.75 bits per heavy atom. The van der Waals surface area contributed by atoms with Gasteiger partial charge in [0, 0.05) is 12.1 Å². The average Bonchev–Trinajstić information content (AvgIpc) is 3.12. The molecule has 1 fully saturated rings. The van der Waals surface area contributed by atoms with Gasteiger partial charge >= 0.3 is 0 Å². The normalized spacial score (nSPS) is 18.6. The Balaban J connectivity index is 1.43. The molecule has 1 aromatic heterocycles. The van der Waals surface area contributed by atoms with E-state index in [4.69, 9.17) is 4.52 Å². The van der Waals surface area contributed by atoms with Gasteiger partial charge in [0.05, 0.1) is 6.54 Å². The average molecular weight is 319 g/mol. The third-order valence-corrected chi connectivity index (χ3v) is 4.64. The molecule has 0 radical (unpaired) electrons. The number of hydrogen-bond donors (Lipinski definition) is 0. The summed E-state index contributed by atoms with van der Waals surface area (Å²) in [4.78, 5) is 6.97. The molecule has 0 saturated carbocycles. The summed E-state index contributed by atoms with van der Waals surface area (Å²) in [5, 5.41) is 4.12. The van der Waals surface area contributed by atoms with Crippen molar-refractivity contribution >= 4 is 0 Å². The van der Waals surface area contributed by atoms with Gasteiger partial charge in [-0.2, -0.15) is 4.98 Å². The molecule has 4 heteroatoms. The molecule has 4 nitrogen and oxygen atoms in total. The van der Waals surface area contributed by atoms with E-state index in [1.54, 1.807) is 0 Å². The Bertz CT molecular complexity index is 770. The van der Waals surface area contributed by atoms with Crippen molar-refractivity contribution in [3.05, 3.63) is 72.1 Å². The monoisotopic (exact) mass is 319 g/mol. The first-order valence-corrected chi connectivity index (χ1v) is 8.54. The van der Waals surface area contributed by atoms with Gasteiger partial charge in [-0.05, 0) is 30.9 Å². The number of aromatic nitrogens is 2. The molecule has 2 heterocycles. The van der Waals surface area contributed by atoms with Crippen LogP contribution in [0.25, 0.3) is 11.4 Å². The minimum absolute atomic E-state index is 0.594. The summed E-state index contributed by atoms with van der Waals surface area (Å²) >= 11 is 0. The predicted octanol–water partition coefficient (Wildman–Crippen LogP) is 4.12. The fraction of sp³-hybridized carbons (Fsp3) is 0.300. The fourth-order valence-electron chi connectivity index (χ4n) is 3.41. The van der Waals surface area contributed by atoms with E-state index < -0.39 is 0 Å². The number of likely N-dealkylation sites (tertiary alicyclic amines) is 1. The molecule has 1 aliphatic heterocycles. The second-order valence-corrected chi connectivity index (χ2v) is 6.36. The molecule has 0 aliphatic carbocycles. The molecule has 0 amide bonds. The highest BCUT2D eigenvalue weighted by Gasteiger charge is 2.22. The molecule has 0 N–H and O–H groups in total. The quantitative estimate of drug-likeness (QED) is 0.725.